The molecule has 0 N–H and O–H groups in total. The van der Waals surface area contributed by atoms with Crippen molar-refractivity contribution < 1.29 is 22.3 Å². The van der Waals surface area contributed by atoms with Gasteiger partial charge >= 0.3 is 0 Å². The monoisotopic (exact) mass is 454 g/mol. The molecule has 2 aromatic carbocycles. The van der Waals surface area contributed by atoms with E-state index in [0.29, 0.717) is 30.2 Å². The number of ether oxygens (including phenoxy) is 1. The van der Waals surface area contributed by atoms with Gasteiger partial charge in [-0.25, -0.2) is 12.8 Å². The van der Waals surface area contributed by atoms with Crippen LogP contribution in [0.1, 0.15) is 18.4 Å². The molecule has 0 radical (unpaired) electrons. The maximum absolute atomic E-state index is 14.0. The normalized spacial score (nSPS) is 15.7. The SMILES string of the molecule is COc1ccc(Cl)cc1CN(C)C(=O)C1CCN(S(=O)(=O)c2ccccc2F)CC1. The zero-order chi connectivity index (χ0) is 21.9. The van der Waals surface area contributed by atoms with Gasteiger partial charge in [-0.05, 0) is 43.2 Å². The number of hydrogen-bond donors (Lipinski definition) is 0. The average Bonchev–Trinajstić information content (AvgIpc) is 2.73. The summed E-state index contributed by atoms with van der Waals surface area (Å²) in [5.41, 5.74) is 0.792. The zero-order valence-corrected chi connectivity index (χ0v) is 18.4. The first-order chi connectivity index (χ1) is 14.2. The standard InChI is InChI=1S/C21H24ClFN2O4S/c1-24(14-16-13-17(22)7-8-19(16)29-2)21(26)15-9-11-25(12-10-15)30(27,28)20-6-4-3-5-18(20)23/h3-8,13,15H,9-12,14H2,1-2H3. The Morgan fingerprint density at radius 3 is 2.53 bits per heavy atom. The van der Waals surface area contributed by atoms with Crippen LogP contribution in [0.2, 0.25) is 5.02 Å². The summed E-state index contributed by atoms with van der Waals surface area (Å²) in [5.74, 6) is -0.497. The first-order valence-corrected chi connectivity index (χ1v) is 11.4. The van der Waals surface area contributed by atoms with E-state index >= 15 is 0 Å². The number of benzene rings is 2. The number of carbonyl (C=O) groups excluding carboxylic acids is 1. The van der Waals surface area contributed by atoms with Crippen molar-refractivity contribution in [3.8, 4) is 5.75 Å². The Labute approximate surface area is 181 Å². The molecule has 1 heterocycles. The van der Waals surface area contributed by atoms with Gasteiger partial charge in [0.1, 0.15) is 16.5 Å². The van der Waals surface area contributed by atoms with Crippen LogP contribution in [0.3, 0.4) is 0 Å². The molecule has 1 fully saturated rings. The molecule has 1 aliphatic heterocycles. The lowest BCUT2D eigenvalue weighted by molar-refractivity contribution is -0.135. The molecule has 2 aromatic rings. The van der Waals surface area contributed by atoms with E-state index < -0.39 is 15.8 Å². The lowest BCUT2D eigenvalue weighted by Gasteiger charge is -2.32. The largest absolute Gasteiger partial charge is 0.496 e. The van der Waals surface area contributed by atoms with Crippen molar-refractivity contribution in [1.29, 1.82) is 0 Å². The van der Waals surface area contributed by atoms with Crippen LogP contribution in [-0.4, -0.2) is 50.8 Å². The third-order valence-corrected chi connectivity index (χ3v) is 7.45. The zero-order valence-electron chi connectivity index (χ0n) is 16.8. The number of methoxy groups -OCH3 is 1. The molecule has 9 heteroatoms. The van der Waals surface area contributed by atoms with E-state index in [1.165, 1.54) is 22.5 Å². The molecule has 0 aromatic heterocycles. The molecule has 1 saturated heterocycles. The summed E-state index contributed by atoms with van der Waals surface area (Å²) < 4.78 is 46.0. The smallest absolute Gasteiger partial charge is 0.245 e. The highest BCUT2D eigenvalue weighted by molar-refractivity contribution is 7.89. The van der Waals surface area contributed by atoms with E-state index in [1.54, 1.807) is 37.3 Å². The van der Waals surface area contributed by atoms with Gasteiger partial charge in [-0.15, -0.1) is 0 Å². The molecule has 0 bridgehead atoms. The Kier molecular flexibility index (Phi) is 7.00. The predicted molar refractivity (Wildman–Crippen MR) is 112 cm³/mol. The second kappa shape index (κ2) is 9.32. The van der Waals surface area contributed by atoms with Crippen LogP contribution in [-0.2, 0) is 21.4 Å². The third-order valence-electron chi connectivity index (χ3n) is 5.28. The molecule has 0 aliphatic carbocycles. The lowest BCUT2D eigenvalue weighted by atomic mass is 9.96. The van der Waals surface area contributed by atoms with Crippen LogP contribution in [0.15, 0.2) is 47.4 Å². The Morgan fingerprint density at radius 2 is 1.90 bits per heavy atom. The topological polar surface area (TPSA) is 66.9 Å². The van der Waals surface area contributed by atoms with Gasteiger partial charge in [0, 0.05) is 43.2 Å². The maximum atomic E-state index is 14.0. The van der Waals surface area contributed by atoms with Crippen LogP contribution in [0.4, 0.5) is 4.39 Å². The van der Waals surface area contributed by atoms with Gasteiger partial charge in [-0.3, -0.25) is 4.79 Å². The number of sulfonamides is 1. The van der Waals surface area contributed by atoms with E-state index in [1.807, 2.05) is 0 Å². The predicted octanol–water partition coefficient (Wildman–Crippen LogP) is 3.55. The summed E-state index contributed by atoms with van der Waals surface area (Å²) in [6.07, 6.45) is 0.757. The molecule has 0 unspecified atom stereocenters. The fourth-order valence-corrected chi connectivity index (χ4v) is 5.38. The molecule has 1 aliphatic rings. The summed E-state index contributed by atoms with van der Waals surface area (Å²) in [7, 11) is -0.667. The van der Waals surface area contributed by atoms with Crippen molar-refractivity contribution in [2.45, 2.75) is 24.3 Å². The Hall–Kier alpha value is -2.16. The summed E-state index contributed by atoms with van der Waals surface area (Å²) >= 11 is 6.06. The molecule has 6 nitrogen and oxygen atoms in total. The van der Waals surface area contributed by atoms with Crippen LogP contribution in [0.25, 0.3) is 0 Å². The molecule has 30 heavy (non-hydrogen) atoms. The molecule has 0 spiro atoms. The molecular formula is C21H24ClFN2O4S. The van der Waals surface area contributed by atoms with Crippen LogP contribution in [0, 0.1) is 11.7 Å². The number of hydrogen-bond acceptors (Lipinski definition) is 4. The molecule has 1 amide bonds. The first-order valence-electron chi connectivity index (χ1n) is 9.56. The van der Waals surface area contributed by atoms with Crippen LogP contribution in [0.5, 0.6) is 5.75 Å². The van der Waals surface area contributed by atoms with E-state index in [0.717, 1.165) is 11.6 Å². The molecule has 0 atom stereocenters. The minimum absolute atomic E-state index is 0.0695. The Bertz CT molecular complexity index is 1020. The number of halogens is 2. The lowest BCUT2D eigenvalue weighted by Crippen LogP contribution is -2.43. The van der Waals surface area contributed by atoms with Gasteiger partial charge in [-0.1, -0.05) is 23.7 Å². The van der Waals surface area contributed by atoms with Crippen molar-refractivity contribution in [3.05, 3.63) is 58.9 Å². The minimum atomic E-state index is -3.92. The fourth-order valence-electron chi connectivity index (χ4n) is 3.65. The van der Waals surface area contributed by atoms with Crippen LogP contribution >= 0.6 is 11.6 Å². The quantitative estimate of drug-likeness (QED) is 0.669. The summed E-state index contributed by atoms with van der Waals surface area (Å²) in [6, 6.07) is 10.6. The minimum Gasteiger partial charge on any atom is -0.496 e. The number of nitrogens with zero attached hydrogens (tertiary/aromatic N) is 2. The van der Waals surface area contributed by atoms with Crippen molar-refractivity contribution in [2.75, 3.05) is 27.2 Å². The van der Waals surface area contributed by atoms with Gasteiger partial charge in [-0.2, -0.15) is 4.31 Å². The number of rotatable bonds is 6. The maximum Gasteiger partial charge on any atom is 0.245 e. The number of piperidine rings is 1. The highest BCUT2D eigenvalue weighted by atomic mass is 35.5. The Balaban J connectivity index is 1.64. The van der Waals surface area contributed by atoms with Gasteiger partial charge in [0.05, 0.1) is 7.11 Å². The van der Waals surface area contributed by atoms with E-state index in [-0.39, 0.29) is 29.8 Å². The number of carbonyl (C=O) groups is 1. The van der Waals surface area contributed by atoms with Crippen molar-refractivity contribution in [1.82, 2.24) is 9.21 Å². The molecule has 3 rings (SSSR count). The second-order valence-corrected chi connectivity index (χ2v) is 9.60. The second-order valence-electron chi connectivity index (χ2n) is 7.26. The fraction of sp³-hybridized carbons (Fsp3) is 0.381. The van der Waals surface area contributed by atoms with E-state index in [9.17, 15) is 17.6 Å². The molecule has 0 saturated carbocycles. The Morgan fingerprint density at radius 1 is 1.23 bits per heavy atom. The summed E-state index contributed by atoms with van der Waals surface area (Å²) in [6.45, 7) is 0.666. The highest BCUT2D eigenvalue weighted by Crippen LogP contribution is 2.28. The average molecular weight is 455 g/mol. The summed E-state index contributed by atoms with van der Waals surface area (Å²) in [4.78, 5) is 14.2. The van der Waals surface area contributed by atoms with Crippen molar-refractivity contribution >= 4 is 27.5 Å². The number of amides is 1. The van der Waals surface area contributed by atoms with Crippen molar-refractivity contribution in [2.24, 2.45) is 5.92 Å². The van der Waals surface area contributed by atoms with Gasteiger partial charge < -0.3 is 9.64 Å². The van der Waals surface area contributed by atoms with Gasteiger partial charge in [0.15, 0.2) is 0 Å². The summed E-state index contributed by atoms with van der Waals surface area (Å²) in [5, 5.41) is 0.554. The highest BCUT2D eigenvalue weighted by Gasteiger charge is 2.34. The molecule has 162 valence electrons. The third kappa shape index (κ3) is 4.77. The first kappa shape index (κ1) is 22.5. The van der Waals surface area contributed by atoms with E-state index in [4.69, 9.17) is 16.3 Å². The van der Waals surface area contributed by atoms with Gasteiger partial charge in [0.25, 0.3) is 0 Å². The molecular weight excluding hydrogens is 431 g/mol. The van der Waals surface area contributed by atoms with Crippen molar-refractivity contribution in [3.63, 3.8) is 0 Å². The van der Waals surface area contributed by atoms with Gasteiger partial charge in [0.2, 0.25) is 15.9 Å². The van der Waals surface area contributed by atoms with Crippen LogP contribution < -0.4 is 4.74 Å². The van der Waals surface area contributed by atoms with E-state index in [2.05, 4.69) is 0 Å².